The Morgan fingerprint density at radius 2 is 1.91 bits per heavy atom. The van der Waals surface area contributed by atoms with Gasteiger partial charge in [0, 0.05) is 24.4 Å². The van der Waals surface area contributed by atoms with Crippen LogP contribution in [0, 0.1) is 24.2 Å². The van der Waals surface area contributed by atoms with E-state index in [-0.39, 0.29) is 29.1 Å². The highest BCUT2D eigenvalue weighted by molar-refractivity contribution is 5.91. The lowest BCUT2D eigenvalue weighted by atomic mass is 9.95. The minimum Gasteiger partial charge on any atom is -0.444 e. The zero-order valence-electron chi connectivity index (χ0n) is 21.2. The average Bonchev–Trinajstić information content (AvgIpc) is 3.48. The van der Waals surface area contributed by atoms with E-state index in [0.717, 1.165) is 12.8 Å². The Kier molecular flexibility index (Phi) is 8.02. The number of ether oxygens (including phenoxy) is 1. The predicted molar refractivity (Wildman–Crippen MR) is 133 cm³/mol. The van der Waals surface area contributed by atoms with Crippen molar-refractivity contribution >= 4 is 29.3 Å². The number of nitrogens with one attached hydrogen (secondary N) is 4. The second-order valence-electron chi connectivity index (χ2n) is 10.7. The molecule has 3 rings (SSSR count). The number of anilines is 1. The molecule has 0 unspecified atom stereocenters. The van der Waals surface area contributed by atoms with Gasteiger partial charge in [-0.25, -0.2) is 4.79 Å². The van der Waals surface area contributed by atoms with Gasteiger partial charge in [-0.2, -0.15) is 0 Å². The maximum atomic E-state index is 13.5. The molecule has 2 fully saturated rings. The number of carbonyl (C=O) groups is 3. The molecule has 1 aromatic heterocycles. The molecule has 2 aliphatic rings. The van der Waals surface area contributed by atoms with E-state index in [1.807, 2.05) is 0 Å². The number of amides is 3. The first-order valence-corrected chi connectivity index (χ1v) is 12.2. The van der Waals surface area contributed by atoms with Crippen molar-refractivity contribution in [2.45, 2.75) is 84.4 Å². The van der Waals surface area contributed by atoms with Crippen LogP contribution >= 0.6 is 0 Å². The smallest absolute Gasteiger partial charge is 0.412 e. The van der Waals surface area contributed by atoms with Crippen LogP contribution in [0.5, 0.6) is 0 Å². The van der Waals surface area contributed by atoms with Crippen LogP contribution in [0.2, 0.25) is 0 Å². The van der Waals surface area contributed by atoms with Crippen LogP contribution in [-0.4, -0.2) is 46.4 Å². The van der Waals surface area contributed by atoms with E-state index in [1.54, 1.807) is 46.9 Å². The first kappa shape index (κ1) is 26.4. The van der Waals surface area contributed by atoms with Gasteiger partial charge in [-0.3, -0.25) is 19.7 Å². The minimum atomic E-state index is -0.797. The van der Waals surface area contributed by atoms with Gasteiger partial charge in [0.25, 0.3) is 5.56 Å². The van der Waals surface area contributed by atoms with Crippen molar-refractivity contribution in [3.63, 3.8) is 0 Å². The average molecular weight is 488 g/mol. The second kappa shape index (κ2) is 10.6. The topological polar surface area (TPSA) is 142 Å². The fourth-order valence-electron chi connectivity index (χ4n) is 4.23. The number of aryl methyl sites for hydroxylation is 1. The fraction of sp³-hybridized carbons (Fsp3) is 0.640. The molecule has 1 aliphatic carbocycles. The van der Waals surface area contributed by atoms with Crippen LogP contribution < -0.4 is 21.5 Å². The molecule has 1 saturated carbocycles. The van der Waals surface area contributed by atoms with Gasteiger partial charge >= 0.3 is 6.09 Å². The summed E-state index contributed by atoms with van der Waals surface area (Å²) < 4.78 is 6.64. The molecule has 0 aromatic carbocycles. The van der Waals surface area contributed by atoms with Crippen molar-refractivity contribution in [3.8, 4) is 0 Å². The van der Waals surface area contributed by atoms with Crippen LogP contribution in [-0.2, 0) is 14.3 Å². The zero-order chi connectivity index (χ0) is 25.9. The molecule has 1 saturated heterocycles. The van der Waals surface area contributed by atoms with E-state index in [0.29, 0.717) is 37.3 Å². The van der Waals surface area contributed by atoms with Gasteiger partial charge in [-0.05, 0) is 71.4 Å². The molecular weight excluding hydrogens is 450 g/mol. The second-order valence-corrected chi connectivity index (χ2v) is 10.7. The summed E-state index contributed by atoms with van der Waals surface area (Å²) in [6.45, 7) is 9.10. The molecule has 192 valence electrons. The number of aromatic nitrogens is 1. The van der Waals surface area contributed by atoms with Gasteiger partial charge in [0.05, 0.1) is 6.04 Å². The number of pyridine rings is 1. The van der Waals surface area contributed by atoms with Crippen molar-refractivity contribution in [3.05, 3.63) is 28.2 Å². The maximum absolute atomic E-state index is 13.5. The summed E-state index contributed by atoms with van der Waals surface area (Å²) in [5, 5.41) is 16.4. The van der Waals surface area contributed by atoms with Crippen LogP contribution in [0.4, 0.5) is 10.5 Å². The van der Waals surface area contributed by atoms with Gasteiger partial charge in [-0.1, -0.05) is 12.8 Å². The van der Waals surface area contributed by atoms with Crippen molar-refractivity contribution in [2.75, 3.05) is 11.9 Å². The van der Waals surface area contributed by atoms with Gasteiger partial charge in [0.2, 0.25) is 11.8 Å². The molecule has 0 bridgehead atoms. The quantitative estimate of drug-likeness (QED) is 0.396. The highest BCUT2D eigenvalue weighted by Gasteiger charge is 2.34. The Labute approximate surface area is 205 Å². The Hall–Kier alpha value is -3.17. The van der Waals surface area contributed by atoms with E-state index in [9.17, 15) is 19.2 Å². The monoisotopic (exact) mass is 487 g/mol. The summed E-state index contributed by atoms with van der Waals surface area (Å²) >= 11 is 0. The molecule has 1 aliphatic heterocycles. The largest absolute Gasteiger partial charge is 0.444 e. The lowest BCUT2D eigenvalue weighted by Gasteiger charge is -2.26. The first-order chi connectivity index (χ1) is 16.4. The van der Waals surface area contributed by atoms with E-state index >= 15 is 0 Å². The van der Waals surface area contributed by atoms with Crippen molar-refractivity contribution in [1.82, 2.24) is 15.2 Å². The first-order valence-electron chi connectivity index (χ1n) is 12.2. The summed E-state index contributed by atoms with van der Waals surface area (Å²) in [5.41, 5.74) is -0.335. The third-order valence-corrected chi connectivity index (χ3v) is 6.37. The summed E-state index contributed by atoms with van der Waals surface area (Å²) in [6.07, 6.45) is 4.30. The van der Waals surface area contributed by atoms with Crippen molar-refractivity contribution in [1.29, 1.82) is 5.41 Å². The Morgan fingerprint density at radius 3 is 2.46 bits per heavy atom. The number of hydrogen-bond donors (Lipinski definition) is 4. The highest BCUT2D eigenvalue weighted by atomic mass is 16.6. The Bertz CT molecular complexity index is 1050. The molecule has 4 N–H and O–H groups in total. The molecule has 2 heterocycles. The van der Waals surface area contributed by atoms with E-state index in [4.69, 9.17) is 10.1 Å². The summed E-state index contributed by atoms with van der Waals surface area (Å²) in [7, 11) is 0. The summed E-state index contributed by atoms with van der Waals surface area (Å²) in [5.74, 6) is -0.357. The molecule has 3 atom stereocenters. The normalized spacial score (nSPS) is 19.5. The Morgan fingerprint density at radius 1 is 1.23 bits per heavy atom. The zero-order valence-corrected chi connectivity index (χ0v) is 21.2. The fourth-order valence-corrected chi connectivity index (χ4v) is 4.23. The molecule has 35 heavy (non-hydrogen) atoms. The molecule has 0 radical (unpaired) electrons. The molecule has 1 aromatic rings. The van der Waals surface area contributed by atoms with Gasteiger partial charge < -0.3 is 25.3 Å². The molecular formula is C25H37N5O5. The Balaban J connectivity index is 1.84. The standard InChI is InChI=1S/C25H37N5O5/c1-14-9-11-30(23(33)20(14)29-24(34)35-25(3,4)5)19(12-16-6-7-16)22(32)28-18(15(2)26)13-17-8-10-27-21(17)31/h9,11,16-19,26H,6-8,10,12-13H2,1-5H3,(H,27,31)(H,28,32)(H,29,34)/t17-,18-,19-/m0/s1. The van der Waals surface area contributed by atoms with E-state index < -0.39 is 29.3 Å². The third kappa shape index (κ3) is 7.16. The van der Waals surface area contributed by atoms with Crippen LogP contribution in [0.25, 0.3) is 0 Å². The van der Waals surface area contributed by atoms with Gasteiger partial charge in [0.1, 0.15) is 17.3 Å². The van der Waals surface area contributed by atoms with Crippen LogP contribution in [0.3, 0.4) is 0 Å². The number of rotatable bonds is 9. The van der Waals surface area contributed by atoms with Crippen molar-refractivity contribution in [2.24, 2.45) is 11.8 Å². The maximum Gasteiger partial charge on any atom is 0.412 e. The SMILES string of the molecule is CC(=N)[C@H](C[C@@H]1CCNC1=O)NC(=O)[C@H](CC1CC1)n1ccc(C)c(NC(=O)OC(C)(C)C)c1=O. The number of carbonyl (C=O) groups excluding carboxylic acids is 3. The van der Waals surface area contributed by atoms with Gasteiger partial charge in [-0.15, -0.1) is 0 Å². The molecule has 0 spiro atoms. The molecule has 10 heteroatoms. The number of hydrogen-bond acceptors (Lipinski definition) is 6. The molecule has 3 amide bonds. The van der Waals surface area contributed by atoms with Crippen LogP contribution in [0.15, 0.2) is 17.1 Å². The van der Waals surface area contributed by atoms with Crippen molar-refractivity contribution < 1.29 is 19.1 Å². The minimum absolute atomic E-state index is 0.0624. The summed E-state index contributed by atoms with van der Waals surface area (Å²) in [4.78, 5) is 51.2. The number of nitrogens with zero attached hydrogens (tertiary/aromatic N) is 1. The molecule has 10 nitrogen and oxygen atoms in total. The van der Waals surface area contributed by atoms with Crippen LogP contribution in [0.1, 0.15) is 71.4 Å². The van der Waals surface area contributed by atoms with E-state index in [2.05, 4.69) is 16.0 Å². The summed E-state index contributed by atoms with van der Waals surface area (Å²) in [6, 6.07) is 0.288. The highest BCUT2D eigenvalue weighted by Crippen LogP contribution is 2.37. The lowest BCUT2D eigenvalue weighted by molar-refractivity contribution is -0.126. The van der Waals surface area contributed by atoms with Gasteiger partial charge in [0.15, 0.2) is 0 Å². The third-order valence-electron chi connectivity index (χ3n) is 6.37. The lowest BCUT2D eigenvalue weighted by Crippen LogP contribution is -2.46. The van der Waals surface area contributed by atoms with E-state index in [1.165, 1.54) is 4.57 Å². The predicted octanol–water partition coefficient (Wildman–Crippen LogP) is 2.90.